The van der Waals surface area contributed by atoms with Gasteiger partial charge in [-0.05, 0) is 86.7 Å². The van der Waals surface area contributed by atoms with E-state index >= 15 is 4.39 Å². The number of amides is 1. The van der Waals surface area contributed by atoms with E-state index in [1.807, 2.05) is 11.8 Å². The normalized spacial score (nSPS) is 35.3. The summed E-state index contributed by atoms with van der Waals surface area (Å²) in [6, 6.07) is 2.81. The van der Waals surface area contributed by atoms with Crippen molar-refractivity contribution in [2.45, 2.75) is 69.0 Å². The summed E-state index contributed by atoms with van der Waals surface area (Å²) in [5.74, 6) is 0.545. The summed E-state index contributed by atoms with van der Waals surface area (Å²) in [4.78, 5) is 12.7. The van der Waals surface area contributed by atoms with Crippen molar-refractivity contribution in [2.24, 2.45) is 17.8 Å². The van der Waals surface area contributed by atoms with E-state index in [1.54, 1.807) is 0 Å². The zero-order chi connectivity index (χ0) is 23.0. The molecule has 5 saturated carbocycles. The fraction of sp³-hybridized carbons (Fsp3) is 0.708. The maximum absolute atomic E-state index is 15.1. The number of carbonyl (C=O) groups is 1. The SMILES string of the molecule is COC12CC3CC(C1)C(Oc1cc(F)c(C(=O)NS(=O)(=O)N4CCC4)cc1C1CC1)C(C3)C2. The minimum Gasteiger partial charge on any atom is -0.489 e. The van der Waals surface area contributed by atoms with Crippen LogP contribution in [0.4, 0.5) is 4.39 Å². The molecule has 1 aromatic rings. The number of rotatable bonds is 7. The molecule has 4 bridgehead atoms. The van der Waals surface area contributed by atoms with Gasteiger partial charge < -0.3 is 9.47 Å². The van der Waals surface area contributed by atoms with E-state index in [4.69, 9.17) is 9.47 Å². The van der Waals surface area contributed by atoms with E-state index in [1.165, 1.54) is 16.4 Å². The molecule has 5 aliphatic carbocycles. The molecular formula is C24H31FN2O5S. The average molecular weight is 479 g/mol. The molecule has 33 heavy (non-hydrogen) atoms. The number of nitrogens with zero attached hydrogens (tertiary/aromatic N) is 1. The summed E-state index contributed by atoms with van der Waals surface area (Å²) in [6.07, 6.45) is 8.07. The zero-order valence-electron chi connectivity index (χ0n) is 18.9. The average Bonchev–Trinajstić information content (AvgIpc) is 3.53. The predicted octanol–water partition coefficient (Wildman–Crippen LogP) is 3.36. The van der Waals surface area contributed by atoms with Crippen LogP contribution in [0.2, 0.25) is 0 Å². The van der Waals surface area contributed by atoms with Gasteiger partial charge in [0, 0.05) is 26.3 Å². The lowest BCUT2D eigenvalue weighted by molar-refractivity contribution is -0.182. The van der Waals surface area contributed by atoms with Crippen LogP contribution in [-0.2, 0) is 14.9 Å². The molecule has 1 saturated heterocycles. The van der Waals surface area contributed by atoms with Crippen molar-refractivity contribution in [3.63, 3.8) is 0 Å². The Morgan fingerprint density at radius 2 is 1.85 bits per heavy atom. The van der Waals surface area contributed by atoms with Gasteiger partial charge in [-0.25, -0.2) is 9.11 Å². The Kier molecular flexibility index (Phi) is 5.05. The summed E-state index contributed by atoms with van der Waals surface area (Å²) in [6.45, 7) is 0.750. The number of methoxy groups -OCH3 is 1. The number of nitrogens with one attached hydrogen (secondary N) is 1. The highest BCUT2D eigenvalue weighted by Gasteiger charge is 2.57. The monoisotopic (exact) mass is 478 g/mol. The molecule has 7 nitrogen and oxygen atoms in total. The van der Waals surface area contributed by atoms with Gasteiger partial charge in [0.05, 0.1) is 11.2 Å². The Hall–Kier alpha value is -1.71. The molecule has 2 atom stereocenters. The molecule has 0 radical (unpaired) electrons. The third-order valence-corrected chi connectivity index (χ3v) is 10.1. The molecule has 9 heteroatoms. The van der Waals surface area contributed by atoms with Gasteiger partial charge in [0.25, 0.3) is 5.91 Å². The van der Waals surface area contributed by atoms with Crippen molar-refractivity contribution in [3.8, 4) is 5.75 Å². The third-order valence-electron chi connectivity index (χ3n) is 8.56. The van der Waals surface area contributed by atoms with Crippen molar-refractivity contribution in [2.75, 3.05) is 20.2 Å². The largest absolute Gasteiger partial charge is 0.489 e. The van der Waals surface area contributed by atoms with E-state index in [0.29, 0.717) is 36.6 Å². The molecule has 2 unspecified atom stereocenters. The van der Waals surface area contributed by atoms with E-state index in [2.05, 4.69) is 0 Å². The second-order valence-corrected chi connectivity index (χ2v) is 12.4. The minimum absolute atomic E-state index is 0.0230. The van der Waals surface area contributed by atoms with Crippen LogP contribution in [0.5, 0.6) is 5.75 Å². The zero-order valence-corrected chi connectivity index (χ0v) is 19.7. The predicted molar refractivity (Wildman–Crippen MR) is 119 cm³/mol. The highest BCUT2D eigenvalue weighted by atomic mass is 32.2. The lowest BCUT2D eigenvalue weighted by Crippen LogP contribution is -2.59. The van der Waals surface area contributed by atoms with E-state index in [-0.39, 0.29) is 23.2 Å². The van der Waals surface area contributed by atoms with Gasteiger partial charge in [-0.3, -0.25) is 4.79 Å². The van der Waals surface area contributed by atoms with Crippen molar-refractivity contribution in [1.29, 1.82) is 0 Å². The summed E-state index contributed by atoms with van der Waals surface area (Å²) in [5.41, 5.74) is 0.556. The van der Waals surface area contributed by atoms with Gasteiger partial charge in [-0.2, -0.15) is 12.7 Å². The first-order chi connectivity index (χ1) is 15.8. The number of hydrogen-bond donors (Lipinski definition) is 1. The molecule has 1 aromatic carbocycles. The topological polar surface area (TPSA) is 84.9 Å². The highest BCUT2D eigenvalue weighted by molar-refractivity contribution is 7.87. The van der Waals surface area contributed by atoms with Crippen molar-refractivity contribution in [1.82, 2.24) is 9.03 Å². The van der Waals surface area contributed by atoms with Crippen LogP contribution >= 0.6 is 0 Å². The highest BCUT2D eigenvalue weighted by Crippen LogP contribution is 2.58. The molecule has 7 rings (SSSR count). The Morgan fingerprint density at radius 1 is 1.15 bits per heavy atom. The summed E-state index contributed by atoms with van der Waals surface area (Å²) in [7, 11) is -2.12. The van der Waals surface area contributed by atoms with Crippen LogP contribution in [0.1, 0.15) is 73.2 Å². The summed E-state index contributed by atoms with van der Waals surface area (Å²) in [5, 5.41) is 0. The Labute approximate surface area is 194 Å². The van der Waals surface area contributed by atoms with Crippen LogP contribution < -0.4 is 9.46 Å². The van der Waals surface area contributed by atoms with Crippen LogP contribution in [0.15, 0.2) is 12.1 Å². The van der Waals surface area contributed by atoms with E-state index in [9.17, 15) is 13.2 Å². The fourth-order valence-electron chi connectivity index (χ4n) is 6.82. The molecule has 180 valence electrons. The van der Waals surface area contributed by atoms with Gasteiger partial charge in [0.15, 0.2) is 0 Å². The standard InChI is InChI=1S/C24H31FN2O5S/c1-31-24-11-14-7-16(12-24)22(17(8-14)13-24)32-21-10-20(25)19(9-18(21)15-3-4-15)23(28)26-33(29,30)27-5-2-6-27/h9-10,14-17,22H,2-8,11-13H2,1H3,(H,26,28). The molecular weight excluding hydrogens is 447 g/mol. The number of halogens is 1. The van der Waals surface area contributed by atoms with Gasteiger partial charge in [0.2, 0.25) is 0 Å². The first-order valence-electron chi connectivity index (χ1n) is 12.1. The Bertz CT molecular complexity index is 1070. The molecule has 6 aliphatic rings. The van der Waals surface area contributed by atoms with Gasteiger partial charge in [-0.1, -0.05) is 0 Å². The van der Waals surface area contributed by atoms with Gasteiger partial charge in [-0.15, -0.1) is 0 Å². The molecule has 6 fully saturated rings. The minimum atomic E-state index is -3.93. The quantitative estimate of drug-likeness (QED) is 0.650. The van der Waals surface area contributed by atoms with E-state index in [0.717, 1.165) is 56.9 Å². The molecule has 1 heterocycles. The first kappa shape index (κ1) is 21.8. The molecule has 1 aliphatic heterocycles. The van der Waals surface area contributed by atoms with Crippen molar-refractivity contribution in [3.05, 3.63) is 29.1 Å². The van der Waals surface area contributed by atoms with Gasteiger partial charge >= 0.3 is 10.2 Å². The first-order valence-corrected chi connectivity index (χ1v) is 13.6. The smallest absolute Gasteiger partial charge is 0.304 e. The maximum atomic E-state index is 15.1. The van der Waals surface area contributed by atoms with Crippen LogP contribution in [0.25, 0.3) is 0 Å². The lowest BCUT2D eigenvalue weighted by atomic mass is 9.53. The second kappa shape index (κ2) is 7.65. The fourth-order valence-corrected chi connectivity index (χ4v) is 8.03. The molecule has 1 amide bonds. The third kappa shape index (κ3) is 3.76. The molecule has 0 spiro atoms. The summed E-state index contributed by atoms with van der Waals surface area (Å²) < 4.78 is 55.4. The van der Waals surface area contributed by atoms with Crippen LogP contribution in [0.3, 0.4) is 0 Å². The molecule has 1 N–H and O–H groups in total. The number of ether oxygens (including phenoxy) is 2. The van der Waals surface area contributed by atoms with Crippen LogP contribution in [0, 0.1) is 23.6 Å². The maximum Gasteiger partial charge on any atom is 0.304 e. The number of hydrogen-bond acceptors (Lipinski definition) is 5. The van der Waals surface area contributed by atoms with Crippen molar-refractivity contribution >= 4 is 16.1 Å². The Balaban J connectivity index is 1.25. The Morgan fingerprint density at radius 3 is 2.42 bits per heavy atom. The molecule has 0 aromatic heterocycles. The summed E-state index contributed by atoms with van der Waals surface area (Å²) >= 11 is 0. The van der Waals surface area contributed by atoms with Crippen LogP contribution in [-0.4, -0.2) is 50.5 Å². The number of carbonyl (C=O) groups excluding carboxylic acids is 1. The van der Waals surface area contributed by atoms with Crippen molar-refractivity contribution < 1.29 is 27.1 Å². The lowest BCUT2D eigenvalue weighted by Gasteiger charge is -2.58. The van der Waals surface area contributed by atoms with Gasteiger partial charge in [0.1, 0.15) is 17.7 Å². The number of benzene rings is 1. The second-order valence-electron chi connectivity index (χ2n) is 10.8. The van der Waals surface area contributed by atoms with E-state index < -0.39 is 21.9 Å².